The van der Waals surface area contributed by atoms with Crippen LogP contribution in [-0.2, 0) is 9.53 Å². The van der Waals surface area contributed by atoms with Gasteiger partial charge in [-0.3, -0.25) is 4.79 Å². The standard InChI is InChI=1S/C14H16ClNO3/c1-2-3-10-19-13(17)8-9-16-14(18)11-4-6-12(15)7-5-11/h4-9H,2-3,10H2,1H3,(H,16,18)/b9-8-. The Morgan fingerprint density at radius 2 is 2.00 bits per heavy atom. The van der Waals surface area contributed by atoms with Crippen molar-refractivity contribution in [1.29, 1.82) is 0 Å². The third-order valence-corrected chi connectivity index (χ3v) is 2.53. The van der Waals surface area contributed by atoms with Crippen molar-refractivity contribution < 1.29 is 14.3 Å². The van der Waals surface area contributed by atoms with E-state index in [1.807, 2.05) is 6.92 Å². The quantitative estimate of drug-likeness (QED) is 0.495. The predicted molar refractivity (Wildman–Crippen MR) is 73.9 cm³/mol. The van der Waals surface area contributed by atoms with Crippen molar-refractivity contribution >= 4 is 23.5 Å². The van der Waals surface area contributed by atoms with Crippen LogP contribution >= 0.6 is 11.6 Å². The van der Waals surface area contributed by atoms with Gasteiger partial charge in [-0.1, -0.05) is 24.9 Å². The van der Waals surface area contributed by atoms with Crippen molar-refractivity contribution in [3.05, 3.63) is 47.1 Å². The minimum Gasteiger partial charge on any atom is -0.462 e. The zero-order valence-electron chi connectivity index (χ0n) is 10.7. The van der Waals surface area contributed by atoms with Crippen LogP contribution in [0.25, 0.3) is 0 Å². The van der Waals surface area contributed by atoms with Crippen LogP contribution in [-0.4, -0.2) is 18.5 Å². The van der Waals surface area contributed by atoms with Gasteiger partial charge in [-0.15, -0.1) is 0 Å². The maximum Gasteiger partial charge on any atom is 0.332 e. The average Bonchev–Trinajstić information content (AvgIpc) is 2.39. The van der Waals surface area contributed by atoms with Crippen molar-refractivity contribution in [2.45, 2.75) is 19.8 Å². The molecule has 0 aliphatic heterocycles. The summed E-state index contributed by atoms with van der Waals surface area (Å²) < 4.78 is 4.89. The lowest BCUT2D eigenvalue weighted by Gasteiger charge is -2.01. The Morgan fingerprint density at radius 3 is 2.63 bits per heavy atom. The maximum absolute atomic E-state index is 11.6. The van der Waals surface area contributed by atoms with E-state index in [4.69, 9.17) is 16.3 Å². The lowest BCUT2D eigenvalue weighted by Crippen LogP contribution is -2.17. The summed E-state index contributed by atoms with van der Waals surface area (Å²) in [7, 11) is 0. The first-order chi connectivity index (χ1) is 9.13. The minimum atomic E-state index is -0.468. The Kier molecular flexibility index (Phi) is 6.68. The molecule has 4 nitrogen and oxygen atoms in total. The van der Waals surface area contributed by atoms with Crippen molar-refractivity contribution in [3.8, 4) is 0 Å². The van der Waals surface area contributed by atoms with Gasteiger partial charge in [0.2, 0.25) is 0 Å². The van der Waals surface area contributed by atoms with Gasteiger partial charge < -0.3 is 10.1 Å². The molecule has 0 fully saturated rings. The first-order valence-electron chi connectivity index (χ1n) is 6.03. The second kappa shape index (κ2) is 8.32. The first-order valence-corrected chi connectivity index (χ1v) is 6.41. The molecule has 0 radical (unpaired) electrons. The molecule has 19 heavy (non-hydrogen) atoms. The number of amides is 1. The Balaban J connectivity index is 2.37. The molecule has 1 N–H and O–H groups in total. The van der Waals surface area contributed by atoms with E-state index in [0.29, 0.717) is 17.2 Å². The molecular weight excluding hydrogens is 266 g/mol. The highest BCUT2D eigenvalue weighted by Crippen LogP contribution is 2.09. The molecular formula is C14H16ClNO3. The van der Waals surface area contributed by atoms with Crippen molar-refractivity contribution in [2.24, 2.45) is 0 Å². The number of ether oxygens (including phenoxy) is 1. The molecule has 0 spiro atoms. The van der Waals surface area contributed by atoms with E-state index in [1.165, 1.54) is 12.3 Å². The first kappa shape index (κ1) is 15.2. The third kappa shape index (κ3) is 6.06. The second-order valence-electron chi connectivity index (χ2n) is 3.83. The van der Waals surface area contributed by atoms with Gasteiger partial charge >= 0.3 is 5.97 Å². The largest absolute Gasteiger partial charge is 0.462 e. The highest BCUT2D eigenvalue weighted by Gasteiger charge is 2.03. The van der Waals surface area contributed by atoms with Gasteiger partial charge in [0.15, 0.2) is 0 Å². The number of esters is 1. The Bertz CT molecular complexity index is 454. The highest BCUT2D eigenvalue weighted by atomic mass is 35.5. The smallest absolute Gasteiger partial charge is 0.332 e. The summed E-state index contributed by atoms with van der Waals surface area (Å²) in [5.41, 5.74) is 0.466. The monoisotopic (exact) mass is 281 g/mol. The van der Waals surface area contributed by atoms with E-state index in [-0.39, 0.29) is 5.91 Å². The van der Waals surface area contributed by atoms with Crippen LogP contribution in [0.15, 0.2) is 36.5 Å². The predicted octanol–water partition coefficient (Wildman–Crippen LogP) is 2.93. The molecule has 1 aromatic carbocycles. The Labute approximate surface area is 117 Å². The summed E-state index contributed by atoms with van der Waals surface area (Å²) in [6.07, 6.45) is 4.25. The molecule has 0 saturated carbocycles. The van der Waals surface area contributed by atoms with Crippen molar-refractivity contribution in [3.63, 3.8) is 0 Å². The molecule has 0 atom stereocenters. The highest BCUT2D eigenvalue weighted by molar-refractivity contribution is 6.30. The van der Waals surface area contributed by atoms with Crippen LogP contribution in [0.4, 0.5) is 0 Å². The molecule has 0 unspecified atom stereocenters. The van der Waals surface area contributed by atoms with E-state index in [0.717, 1.165) is 12.8 Å². The number of unbranched alkanes of at least 4 members (excludes halogenated alkanes) is 1. The lowest BCUT2D eigenvalue weighted by atomic mass is 10.2. The van der Waals surface area contributed by atoms with Gasteiger partial charge in [0, 0.05) is 22.9 Å². The van der Waals surface area contributed by atoms with Gasteiger partial charge in [-0.25, -0.2) is 4.79 Å². The fourth-order valence-electron chi connectivity index (χ4n) is 1.24. The fourth-order valence-corrected chi connectivity index (χ4v) is 1.36. The SMILES string of the molecule is CCCCOC(=O)/C=C\NC(=O)c1ccc(Cl)cc1. The van der Waals surface area contributed by atoms with Crippen LogP contribution in [0, 0.1) is 0 Å². The summed E-state index contributed by atoms with van der Waals surface area (Å²) in [5.74, 6) is -0.779. The molecule has 0 bridgehead atoms. The van der Waals surface area contributed by atoms with Gasteiger partial charge in [0.1, 0.15) is 0 Å². The number of nitrogens with one attached hydrogen (secondary N) is 1. The summed E-state index contributed by atoms with van der Waals surface area (Å²) in [6, 6.07) is 6.45. The summed E-state index contributed by atoms with van der Waals surface area (Å²) in [6.45, 7) is 2.40. The molecule has 102 valence electrons. The van der Waals surface area contributed by atoms with Gasteiger partial charge in [0.05, 0.1) is 6.61 Å². The zero-order valence-corrected chi connectivity index (χ0v) is 11.4. The molecule has 1 aromatic rings. The number of rotatable bonds is 6. The Morgan fingerprint density at radius 1 is 1.32 bits per heavy atom. The van der Waals surface area contributed by atoms with Crippen molar-refractivity contribution in [2.75, 3.05) is 6.61 Å². The molecule has 0 aromatic heterocycles. The van der Waals surface area contributed by atoms with Gasteiger partial charge in [0.25, 0.3) is 5.91 Å². The summed E-state index contributed by atoms with van der Waals surface area (Å²) in [5, 5.41) is 3.04. The number of halogens is 1. The van der Waals surface area contributed by atoms with E-state index in [1.54, 1.807) is 24.3 Å². The van der Waals surface area contributed by atoms with E-state index < -0.39 is 5.97 Å². The van der Waals surface area contributed by atoms with Crippen LogP contribution in [0.3, 0.4) is 0 Å². The summed E-state index contributed by atoms with van der Waals surface area (Å²) in [4.78, 5) is 22.8. The molecule has 0 aliphatic rings. The van der Waals surface area contributed by atoms with E-state index in [2.05, 4.69) is 5.32 Å². The van der Waals surface area contributed by atoms with E-state index in [9.17, 15) is 9.59 Å². The molecule has 0 aliphatic carbocycles. The number of carbonyl (C=O) groups excluding carboxylic acids is 2. The third-order valence-electron chi connectivity index (χ3n) is 2.28. The maximum atomic E-state index is 11.6. The van der Waals surface area contributed by atoms with Crippen molar-refractivity contribution in [1.82, 2.24) is 5.32 Å². The zero-order chi connectivity index (χ0) is 14.1. The molecule has 0 saturated heterocycles. The van der Waals surface area contributed by atoms with Crippen LogP contribution in [0.5, 0.6) is 0 Å². The summed E-state index contributed by atoms with van der Waals surface area (Å²) >= 11 is 5.72. The van der Waals surface area contributed by atoms with Crippen LogP contribution in [0.2, 0.25) is 5.02 Å². The van der Waals surface area contributed by atoms with Gasteiger partial charge in [-0.2, -0.15) is 0 Å². The van der Waals surface area contributed by atoms with Gasteiger partial charge in [-0.05, 0) is 30.7 Å². The van der Waals surface area contributed by atoms with E-state index >= 15 is 0 Å². The molecule has 1 rings (SSSR count). The molecule has 0 heterocycles. The number of hydrogen-bond acceptors (Lipinski definition) is 3. The average molecular weight is 282 g/mol. The fraction of sp³-hybridized carbons (Fsp3) is 0.286. The topological polar surface area (TPSA) is 55.4 Å². The number of carbonyl (C=O) groups is 2. The molecule has 5 heteroatoms. The Hall–Kier alpha value is -1.81. The molecule has 1 amide bonds. The minimum absolute atomic E-state index is 0.311. The lowest BCUT2D eigenvalue weighted by molar-refractivity contribution is -0.137. The van der Waals surface area contributed by atoms with Crippen LogP contribution in [0.1, 0.15) is 30.1 Å². The number of hydrogen-bond donors (Lipinski definition) is 1. The second-order valence-corrected chi connectivity index (χ2v) is 4.27. The number of benzene rings is 1. The van der Waals surface area contributed by atoms with Crippen LogP contribution < -0.4 is 5.32 Å². The normalized spacial score (nSPS) is 10.4.